The minimum atomic E-state index is 0.608. The highest BCUT2D eigenvalue weighted by atomic mass is 32.2. The Morgan fingerprint density at radius 3 is 3.13 bits per heavy atom. The maximum atomic E-state index is 8.62. The molecule has 1 aliphatic rings. The summed E-state index contributed by atoms with van der Waals surface area (Å²) in [5, 5.41) is 11.9. The Morgan fingerprint density at radius 1 is 1.60 bits per heavy atom. The third kappa shape index (κ3) is 2.87. The lowest BCUT2D eigenvalue weighted by atomic mass is 10.1. The molecule has 0 spiro atoms. The molecular weight excluding hydrogens is 206 g/mol. The van der Waals surface area contributed by atoms with Crippen molar-refractivity contribution >= 4 is 17.6 Å². The quantitative estimate of drug-likeness (QED) is 0.846. The van der Waals surface area contributed by atoms with Crippen LogP contribution in [0.3, 0.4) is 0 Å². The van der Waals surface area contributed by atoms with Gasteiger partial charge in [-0.05, 0) is 36.0 Å². The van der Waals surface area contributed by atoms with Crippen LogP contribution in [0.5, 0.6) is 0 Å². The first-order valence-corrected chi connectivity index (χ1v) is 6.22. The lowest BCUT2D eigenvalue weighted by Crippen LogP contribution is -2.14. The van der Waals surface area contributed by atoms with Crippen molar-refractivity contribution in [3.63, 3.8) is 0 Å². The summed E-state index contributed by atoms with van der Waals surface area (Å²) in [4.78, 5) is 4.17. The van der Waals surface area contributed by atoms with Gasteiger partial charge in [-0.3, -0.25) is 0 Å². The second-order valence-corrected chi connectivity index (χ2v) is 4.80. The van der Waals surface area contributed by atoms with Crippen LogP contribution in [0.25, 0.3) is 0 Å². The van der Waals surface area contributed by atoms with Crippen molar-refractivity contribution in [1.82, 2.24) is 4.98 Å². The molecule has 0 amide bonds. The molecule has 0 aliphatic carbocycles. The van der Waals surface area contributed by atoms with E-state index in [1.54, 1.807) is 12.3 Å². The Hall–Kier alpha value is -1.21. The molecule has 2 heterocycles. The third-order valence-electron chi connectivity index (χ3n) is 2.49. The average Bonchev–Trinajstić information content (AvgIpc) is 2.80. The van der Waals surface area contributed by atoms with Crippen molar-refractivity contribution in [1.29, 1.82) is 5.26 Å². The number of rotatable bonds is 3. The van der Waals surface area contributed by atoms with Gasteiger partial charge in [-0.2, -0.15) is 17.0 Å². The molecule has 1 N–H and O–H groups in total. The summed E-state index contributed by atoms with van der Waals surface area (Å²) in [5.41, 5.74) is 0.608. The molecule has 0 aromatic carbocycles. The summed E-state index contributed by atoms with van der Waals surface area (Å²) in [5.74, 6) is 4.18. The highest BCUT2D eigenvalue weighted by molar-refractivity contribution is 7.99. The zero-order valence-electron chi connectivity index (χ0n) is 8.44. The van der Waals surface area contributed by atoms with E-state index >= 15 is 0 Å². The van der Waals surface area contributed by atoms with Crippen LogP contribution >= 0.6 is 11.8 Å². The first kappa shape index (κ1) is 10.3. The van der Waals surface area contributed by atoms with Gasteiger partial charge in [0.2, 0.25) is 0 Å². The SMILES string of the molecule is N#Cc1ccc(NCC2CCSC2)nc1. The minimum Gasteiger partial charge on any atom is -0.370 e. The molecule has 1 aromatic heterocycles. The van der Waals surface area contributed by atoms with Gasteiger partial charge >= 0.3 is 0 Å². The third-order valence-corrected chi connectivity index (χ3v) is 3.72. The van der Waals surface area contributed by atoms with Crippen molar-refractivity contribution < 1.29 is 0 Å². The van der Waals surface area contributed by atoms with E-state index in [1.165, 1.54) is 17.9 Å². The fourth-order valence-corrected chi connectivity index (χ4v) is 2.84. The summed E-state index contributed by atoms with van der Waals surface area (Å²) in [7, 11) is 0. The first-order chi connectivity index (χ1) is 7.38. The normalized spacial score (nSPS) is 19.8. The molecule has 3 nitrogen and oxygen atoms in total. The number of nitrogens with zero attached hydrogens (tertiary/aromatic N) is 2. The summed E-state index contributed by atoms with van der Waals surface area (Å²) >= 11 is 2.02. The Bertz CT molecular complexity index is 349. The zero-order valence-corrected chi connectivity index (χ0v) is 9.26. The van der Waals surface area contributed by atoms with Gasteiger partial charge in [0, 0.05) is 12.7 Å². The number of pyridine rings is 1. The summed E-state index contributed by atoms with van der Waals surface area (Å²) in [6.07, 6.45) is 2.90. The lowest BCUT2D eigenvalue weighted by molar-refractivity contribution is 0.630. The number of nitriles is 1. The van der Waals surface area contributed by atoms with E-state index in [0.717, 1.165) is 18.3 Å². The van der Waals surface area contributed by atoms with E-state index in [4.69, 9.17) is 5.26 Å². The van der Waals surface area contributed by atoms with Crippen LogP contribution < -0.4 is 5.32 Å². The molecular formula is C11H13N3S. The van der Waals surface area contributed by atoms with E-state index in [1.807, 2.05) is 17.8 Å². The van der Waals surface area contributed by atoms with Gasteiger partial charge in [0.1, 0.15) is 11.9 Å². The number of hydrogen-bond donors (Lipinski definition) is 1. The van der Waals surface area contributed by atoms with Gasteiger partial charge in [0.25, 0.3) is 0 Å². The van der Waals surface area contributed by atoms with Crippen LogP contribution in [0.15, 0.2) is 18.3 Å². The van der Waals surface area contributed by atoms with Gasteiger partial charge in [-0.1, -0.05) is 0 Å². The molecule has 1 fully saturated rings. The number of anilines is 1. The Labute approximate surface area is 93.9 Å². The number of hydrogen-bond acceptors (Lipinski definition) is 4. The molecule has 1 atom stereocenters. The number of thioether (sulfide) groups is 1. The van der Waals surface area contributed by atoms with E-state index in [0.29, 0.717) is 5.56 Å². The standard InChI is InChI=1S/C11H13N3S/c12-5-9-1-2-11(13-6-9)14-7-10-3-4-15-8-10/h1-2,6,10H,3-4,7-8H2,(H,13,14). The van der Waals surface area contributed by atoms with Crippen molar-refractivity contribution in [2.24, 2.45) is 5.92 Å². The molecule has 1 aliphatic heterocycles. The van der Waals surface area contributed by atoms with Crippen molar-refractivity contribution in [3.8, 4) is 6.07 Å². The molecule has 1 saturated heterocycles. The summed E-state index contributed by atoms with van der Waals surface area (Å²) in [6.45, 7) is 0.992. The highest BCUT2D eigenvalue weighted by Gasteiger charge is 2.14. The van der Waals surface area contributed by atoms with E-state index in [9.17, 15) is 0 Å². The van der Waals surface area contributed by atoms with Crippen LogP contribution in [-0.2, 0) is 0 Å². The number of aromatic nitrogens is 1. The summed E-state index contributed by atoms with van der Waals surface area (Å²) < 4.78 is 0. The molecule has 0 radical (unpaired) electrons. The molecule has 0 saturated carbocycles. The monoisotopic (exact) mass is 219 g/mol. The van der Waals surface area contributed by atoms with Crippen molar-refractivity contribution in [3.05, 3.63) is 23.9 Å². The lowest BCUT2D eigenvalue weighted by Gasteiger charge is -2.09. The second kappa shape index (κ2) is 5.04. The van der Waals surface area contributed by atoms with Gasteiger partial charge in [0.05, 0.1) is 5.56 Å². The molecule has 2 rings (SSSR count). The second-order valence-electron chi connectivity index (χ2n) is 3.65. The topological polar surface area (TPSA) is 48.7 Å². The number of nitrogens with one attached hydrogen (secondary N) is 1. The van der Waals surface area contributed by atoms with Crippen LogP contribution in [-0.4, -0.2) is 23.0 Å². The van der Waals surface area contributed by atoms with E-state index in [-0.39, 0.29) is 0 Å². The predicted octanol–water partition coefficient (Wildman–Crippen LogP) is 2.12. The van der Waals surface area contributed by atoms with Crippen molar-refractivity contribution in [2.75, 3.05) is 23.4 Å². The molecule has 15 heavy (non-hydrogen) atoms. The Kier molecular flexibility index (Phi) is 3.46. The van der Waals surface area contributed by atoms with Gasteiger partial charge in [-0.25, -0.2) is 4.98 Å². The molecule has 4 heteroatoms. The molecule has 78 valence electrons. The smallest absolute Gasteiger partial charge is 0.125 e. The van der Waals surface area contributed by atoms with Gasteiger partial charge in [0.15, 0.2) is 0 Å². The maximum Gasteiger partial charge on any atom is 0.125 e. The van der Waals surface area contributed by atoms with Gasteiger partial charge < -0.3 is 5.32 Å². The zero-order chi connectivity index (χ0) is 10.5. The maximum absolute atomic E-state index is 8.62. The van der Waals surface area contributed by atoms with E-state index in [2.05, 4.69) is 16.4 Å². The van der Waals surface area contributed by atoms with Crippen LogP contribution in [0.2, 0.25) is 0 Å². The van der Waals surface area contributed by atoms with Crippen LogP contribution in [0.1, 0.15) is 12.0 Å². The average molecular weight is 219 g/mol. The van der Waals surface area contributed by atoms with Crippen molar-refractivity contribution in [2.45, 2.75) is 6.42 Å². The fourth-order valence-electron chi connectivity index (χ4n) is 1.56. The summed E-state index contributed by atoms with van der Waals surface area (Å²) in [6, 6.07) is 5.71. The molecule has 0 bridgehead atoms. The fraction of sp³-hybridized carbons (Fsp3) is 0.455. The first-order valence-electron chi connectivity index (χ1n) is 5.06. The van der Waals surface area contributed by atoms with E-state index < -0.39 is 0 Å². The Balaban J connectivity index is 1.85. The predicted molar refractivity (Wildman–Crippen MR) is 62.9 cm³/mol. The van der Waals surface area contributed by atoms with Crippen LogP contribution in [0.4, 0.5) is 5.82 Å². The molecule has 1 aromatic rings. The van der Waals surface area contributed by atoms with Gasteiger partial charge in [-0.15, -0.1) is 0 Å². The van der Waals surface area contributed by atoms with Crippen LogP contribution in [0, 0.1) is 17.2 Å². The Morgan fingerprint density at radius 2 is 2.53 bits per heavy atom. The largest absolute Gasteiger partial charge is 0.370 e. The minimum absolute atomic E-state index is 0.608. The highest BCUT2D eigenvalue weighted by Crippen LogP contribution is 2.23. The molecule has 1 unspecified atom stereocenters.